The summed E-state index contributed by atoms with van der Waals surface area (Å²) in [6.07, 6.45) is -4.47. The van der Waals surface area contributed by atoms with Gasteiger partial charge in [-0.15, -0.1) is 0 Å². The first-order valence-electron chi connectivity index (χ1n) is 9.71. The second-order valence-electron chi connectivity index (χ2n) is 7.10. The van der Waals surface area contributed by atoms with Gasteiger partial charge in [0.15, 0.2) is 12.2 Å². The topological polar surface area (TPSA) is 126 Å². The lowest BCUT2D eigenvalue weighted by atomic mass is 9.96. The smallest absolute Gasteiger partial charge is 0.303 e. The van der Waals surface area contributed by atoms with Crippen LogP contribution in [0.1, 0.15) is 33.3 Å². The Hall–Kier alpha value is -3.14. The summed E-state index contributed by atoms with van der Waals surface area (Å²) in [5.74, 6) is -1.88. The summed E-state index contributed by atoms with van der Waals surface area (Å²) in [6.45, 7) is 6.40. The molecule has 0 radical (unpaired) electrons. The van der Waals surface area contributed by atoms with Crippen LogP contribution >= 0.6 is 0 Å². The molecule has 1 fully saturated rings. The van der Waals surface area contributed by atoms with Crippen molar-refractivity contribution in [2.75, 3.05) is 6.61 Å². The highest BCUT2D eigenvalue weighted by molar-refractivity contribution is 5.73. The number of para-hydroxylation sites is 1. The van der Waals surface area contributed by atoms with Crippen LogP contribution in [-0.2, 0) is 38.1 Å². The fraction of sp³-hybridized carbons (Fsp3) is 0.524. The van der Waals surface area contributed by atoms with Crippen LogP contribution in [0.5, 0.6) is 5.75 Å². The highest BCUT2D eigenvalue weighted by Crippen LogP contribution is 2.30. The van der Waals surface area contributed by atoms with E-state index in [0.717, 1.165) is 5.56 Å². The molecule has 1 heterocycles. The average molecular weight is 437 g/mol. The molecule has 31 heavy (non-hydrogen) atoms. The number of ether oxygens (including phenoxy) is 5. The van der Waals surface area contributed by atoms with Gasteiger partial charge in [0.25, 0.3) is 0 Å². The Balaban J connectivity index is 2.46. The standard InChI is InChI=1S/C21H27NO9/c1-11-8-6-7-9-16(11)30-21-18(22-12(2)23)20(29-15(5)26)19(28-14(4)25)17(31-21)10-27-13(3)24/h6-9,17-21H,10H2,1-5H3,(H,22,23)/t17-,18-,19-,20-,21-/m0/s1. The Morgan fingerprint density at radius 3 is 2.10 bits per heavy atom. The molecule has 10 heteroatoms. The van der Waals surface area contributed by atoms with Crippen LogP contribution in [0.4, 0.5) is 0 Å². The van der Waals surface area contributed by atoms with Crippen LogP contribution in [0, 0.1) is 6.92 Å². The molecule has 1 aromatic rings. The molecule has 5 atom stereocenters. The molecule has 1 amide bonds. The normalized spacial score (nSPS) is 25.1. The predicted molar refractivity (Wildman–Crippen MR) is 106 cm³/mol. The van der Waals surface area contributed by atoms with E-state index >= 15 is 0 Å². The largest absolute Gasteiger partial charge is 0.463 e. The van der Waals surface area contributed by atoms with E-state index in [0.29, 0.717) is 5.75 Å². The molecule has 0 saturated carbocycles. The van der Waals surface area contributed by atoms with Gasteiger partial charge >= 0.3 is 17.9 Å². The van der Waals surface area contributed by atoms with E-state index in [1.165, 1.54) is 27.7 Å². The molecule has 0 spiro atoms. The maximum absolute atomic E-state index is 11.9. The van der Waals surface area contributed by atoms with Crippen molar-refractivity contribution in [3.05, 3.63) is 29.8 Å². The van der Waals surface area contributed by atoms with Crippen molar-refractivity contribution in [2.45, 2.75) is 65.3 Å². The molecular formula is C21H27NO9. The van der Waals surface area contributed by atoms with Crippen molar-refractivity contribution in [2.24, 2.45) is 0 Å². The molecule has 1 aliphatic heterocycles. The monoisotopic (exact) mass is 437 g/mol. The van der Waals surface area contributed by atoms with Gasteiger partial charge in [0.05, 0.1) is 0 Å². The fourth-order valence-corrected chi connectivity index (χ4v) is 3.21. The van der Waals surface area contributed by atoms with E-state index < -0.39 is 54.5 Å². The van der Waals surface area contributed by atoms with E-state index in [2.05, 4.69) is 5.32 Å². The summed E-state index contributed by atoms with van der Waals surface area (Å²) < 4.78 is 27.8. The first-order chi connectivity index (χ1) is 14.6. The second-order valence-corrected chi connectivity index (χ2v) is 7.10. The van der Waals surface area contributed by atoms with Crippen molar-refractivity contribution < 1.29 is 42.9 Å². The molecular weight excluding hydrogens is 410 g/mol. The fourth-order valence-electron chi connectivity index (χ4n) is 3.21. The van der Waals surface area contributed by atoms with Crippen LogP contribution < -0.4 is 10.1 Å². The van der Waals surface area contributed by atoms with Gasteiger partial charge in [0, 0.05) is 27.7 Å². The number of benzene rings is 1. The number of hydrogen-bond acceptors (Lipinski definition) is 9. The van der Waals surface area contributed by atoms with Crippen molar-refractivity contribution in [1.82, 2.24) is 5.32 Å². The highest BCUT2D eigenvalue weighted by Gasteiger charge is 2.52. The number of hydrogen-bond donors (Lipinski definition) is 1. The predicted octanol–water partition coefficient (Wildman–Crippen LogP) is 1.03. The number of amides is 1. The molecule has 1 aliphatic rings. The molecule has 0 unspecified atom stereocenters. The highest BCUT2D eigenvalue weighted by atomic mass is 16.7. The van der Waals surface area contributed by atoms with E-state index in [1.807, 2.05) is 19.1 Å². The van der Waals surface area contributed by atoms with Gasteiger partial charge < -0.3 is 29.0 Å². The lowest BCUT2D eigenvalue weighted by Crippen LogP contribution is -2.67. The van der Waals surface area contributed by atoms with Gasteiger partial charge in [-0.1, -0.05) is 18.2 Å². The summed E-state index contributed by atoms with van der Waals surface area (Å²) in [6, 6.07) is 6.12. The van der Waals surface area contributed by atoms with E-state index in [-0.39, 0.29) is 6.61 Å². The molecule has 2 rings (SSSR count). The summed E-state index contributed by atoms with van der Waals surface area (Å²) in [4.78, 5) is 46.8. The Morgan fingerprint density at radius 2 is 1.55 bits per heavy atom. The van der Waals surface area contributed by atoms with Crippen LogP contribution in [0.15, 0.2) is 24.3 Å². The molecule has 0 aliphatic carbocycles. The Kier molecular flexibility index (Phi) is 8.38. The Morgan fingerprint density at radius 1 is 0.935 bits per heavy atom. The van der Waals surface area contributed by atoms with E-state index in [9.17, 15) is 19.2 Å². The second kappa shape index (κ2) is 10.8. The Bertz CT molecular complexity index is 825. The maximum atomic E-state index is 11.9. The van der Waals surface area contributed by atoms with Crippen LogP contribution in [0.25, 0.3) is 0 Å². The number of carbonyl (C=O) groups excluding carboxylic acids is 4. The molecule has 1 saturated heterocycles. The zero-order valence-corrected chi connectivity index (χ0v) is 18.1. The number of carbonyl (C=O) groups is 4. The minimum absolute atomic E-state index is 0.286. The van der Waals surface area contributed by atoms with Gasteiger partial charge in [-0.05, 0) is 18.6 Å². The number of rotatable bonds is 7. The Labute approximate surface area is 180 Å². The molecule has 0 aromatic heterocycles. The molecule has 1 N–H and O–H groups in total. The zero-order chi connectivity index (χ0) is 23.1. The molecule has 0 bridgehead atoms. The summed E-state index contributed by atoms with van der Waals surface area (Å²) >= 11 is 0. The molecule has 170 valence electrons. The van der Waals surface area contributed by atoms with Gasteiger partial charge in [-0.3, -0.25) is 19.2 Å². The maximum Gasteiger partial charge on any atom is 0.303 e. The van der Waals surface area contributed by atoms with Crippen molar-refractivity contribution in [3.63, 3.8) is 0 Å². The third-order valence-electron chi connectivity index (χ3n) is 4.41. The van der Waals surface area contributed by atoms with E-state index in [1.54, 1.807) is 12.1 Å². The number of nitrogens with one attached hydrogen (secondary N) is 1. The summed E-state index contributed by atoms with van der Waals surface area (Å²) in [7, 11) is 0. The van der Waals surface area contributed by atoms with Gasteiger partial charge in [-0.25, -0.2) is 0 Å². The van der Waals surface area contributed by atoms with Crippen molar-refractivity contribution >= 4 is 23.8 Å². The third kappa shape index (κ3) is 6.95. The van der Waals surface area contributed by atoms with Crippen LogP contribution in [-0.4, -0.2) is 61.1 Å². The number of esters is 3. The van der Waals surface area contributed by atoms with Gasteiger partial charge in [0.2, 0.25) is 12.2 Å². The van der Waals surface area contributed by atoms with Gasteiger partial charge in [0.1, 0.15) is 24.5 Å². The minimum Gasteiger partial charge on any atom is -0.463 e. The molecule has 1 aromatic carbocycles. The van der Waals surface area contributed by atoms with Crippen molar-refractivity contribution in [3.8, 4) is 5.75 Å². The lowest BCUT2D eigenvalue weighted by molar-refractivity contribution is -0.257. The minimum atomic E-state index is -1.16. The lowest BCUT2D eigenvalue weighted by Gasteiger charge is -2.44. The SMILES string of the molecule is CC(=O)N[C@@H]1[C@@H](Oc2ccccc2C)O[C@@H](COC(C)=O)[C@H](OC(C)=O)[C@H]1OC(C)=O. The first kappa shape index (κ1) is 24.1. The summed E-state index contributed by atoms with van der Waals surface area (Å²) in [5, 5.41) is 2.65. The van der Waals surface area contributed by atoms with Crippen molar-refractivity contribution in [1.29, 1.82) is 0 Å². The average Bonchev–Trinajstić information content (AvgIpc) is 2.65. The number of aryl methyl sites for hydroxylation is 1. The quantitative estimate of drug-likeness (QED) is 0.491. The van der Waals surface area contributed by atoms with E-state index in [4.69, 9.17) is 23.7 Å². The zero-order valence-electron chi connectivity index (χ0n) is 18.1. The third-order valence-corrected chi connectivity index (χ3v) is 4.41. The van der Waals surface area contributed by atoms with Crippen LogP contribution in [0.3, 0.4) is 0 Å². The molecule has 10 nitrogen and oxygen atoms in total. The van der Waals surface area contributed by atoms with Crippen LogP contribution in [0.2, 0.25) is 0 Å². The summed E-state index contributed by atoms with van der Waals surface area (Å²) in [5.41, 5.74) is 0.801. The first-order valence-corrected chi connectivity index (χ1v) is 9.71. The van der Waals surface area contributed by atoms with Gasteiger partial charge in [-0.2, -0.15) is 0 Å².